The quantitative estimate of drug-likeness (QED) is 0.0149. The molecule has 0 heterocycles. The smallest absolute Gasteiger partial charge is 0.462 e. The summed E-state index contributed by atoms with van der Waals surface area (Å²) in [7, 11) is -5.14. The van der Waals surface area contributed by atoms with Crippen LogP contribution in [0.5, 0.6) is 0 Å². The summed E-state index contributed by atoms with van der Waals surface area (Å²) in [5.74, 6) is -1.20. The van der Waals surface area contributed by atoms with Crippen molar-refractivity contribution in [3.63, 3.8) is 0 Å². The molecule has 6 N–H and O–H groups in total. The third-order valence-electron chi connectivity index (χ3n) is 10.2. The molecule has 1 aliphatic carbocycles. The van der Waals surface area contributed by atoms with Crippen LogP contribution in [0.4, 0.5) is 0 Å². The summed E-state index contributed by atoms with van der Waals surface area (Å²) in [4.78, 5) is 35.7. The summed E-state index contributed by atoms with van der Waals surface area (Å²) in [5.41, 5.74) is 0. The van der Waals surface area contributed by atoms with E-state index in [1.54, 1.807) is 0 Å². The Morgan fingerprint density at radius 2 is 0.873 bits per heavy atom. The number of hydrogen-bond acceptors (Lipinski definition) is 12. The Morgan fingerprint density at radius 1 is 0.492 bits per heavy atom. The molecular weight excluding hydrogens is 827 g/mol. The molecule has 0 amide bonds. The van der Waals surface area contributed by atoms with Gasteiger partial charge >= 0.3 is 19.8 Å². The van der Waals surface area contributed by atoms with Crippen molar-refractivity contribution in [3.8, 4) is 0 Å². The number of carbonyl (C=O) groups is 2. The Labute approximate surface area is 378 Å². The van der Waals surface area contributed by atoms with Crippen molar-refractivity contribution in [1.29, 1.82) is 0 Å². The van der Waals surface area contributed by atoms with Crippen LogP contribution in [0.1, 0.15) is 155 Å². The number of allylic oxidation sites excluding steroid dienone is 14. The van der Waals surface area contributed by atoms with E-state index in [2.05, 4.69) is 86.8 Å². The predicted molar refractivity (Wildman–Crippen MR) is 248 cm³/mol. The molecule has 0 saturated heterocycles. The zero-order chi connectivity index (χ0) is 46.4. The van der Waals surface area contributed by atoms with Gasteiger partial charge in [-0.05, 0) is 89.9 Å². The van der Waals surface area contributed by atoms with Crippen molar-refractivity contribution in [2.24, 2.45) is 0 Å². The second-order valence-electron chi connectivity index (χ2n) is 15.9. The highest BCUT2D eigenvalue weighted by Gasteiger charge is 2.51. The summed E-state index contributed by atoms with van der Waals surface area (Å²) in [5, 5.41) is 50.2. The second-order valence-corrected chi connectivity index (χ2v) is 17.3. The molecule has 1 fully saturated rings. The maximum atomic E-state index is 12.8. The molecule has 8 atom stereocenters. The lowest BCUT2D eigenvalue weighted by molar-refractivity contribution is -0.220. The Bertz CT molecular complexity index is 1420. The van der Waals surface area contributed by atoms with Gasteiger partial charge in [0.25, 0.3) is 0 Å². The van der Waals surface area contributed by atoms with Crippen LogP contribution in [0.25, 0.3) is 0 Å². The molecule has 0 spiro atoms. The van der Waals surface area contributed by atoms with Crippen molar-refractivity contribution >= 4 is 19.8 Å². The fraction of sp³-hybridized carbons (Fsp3) is 0.673. The number of ether oxygens (including phenoxy) is 2. The van der Waals surface area contributed by atoms with Gasteiger partial charge in [0.05, 0.1) is 6.61 Å². The van der Waals surface area contributed by atoms with Gasteiger partial charge in [-0.1, -0.05) is 137 Å². The molecule has 0 aliphatic heterocycles. The maximum absolute atomic E-state index is 12.8. The summed E-state index contributed by atoms with van der Waals surface area (Å²) in [6.07, 6.45) is 36.4. The minimum atomic E-state index is -5.14. The lowest BCUT2D eigenvalue weighted by atomic mass is 9.85. The molecule has 63 heavy (non-hydrogen) atoms. The third kappa shape index (κ3) is 30.7. The predicted octanol–water partition coefficient (Wildman–Crippen LogP) is 9.28. The molecule has 1 saturated carbocycles. The topological polar surface area (TPSA) is 210 Å². The van der Waals surface area contributed by atoms with E-state index in [9.17, 15) is 44.6 Å². The summed E-state index contributed by atoms with van der Waals surface area (Å²) in [6.45, 7) is 3.16. The molecule has 14 heteroatoms. The summed E-state index contributed by atoms with van der Waals surface area (Å²) >= 11 is 0. The molecule has 0 aromatic rings. The fourth-order valence-corrected chi connectivity index (χ4v) is 7.37. The average Bonchev–Trinajstić information content (AvgIpc) is 3.26. The van der Waals surface area contributed by atoms with Gasteiger partial charge in [-0.3, -0.25) is 18.6 Å². The summed E-state index contributed by atoms with van der Waals surface area (Å²) < 4.78 is 33.5. The monoisotopic (exact) mass is 909 g/mol. The first-order valence-electron chi connectivity index (χ1n) is 23.4. The second kappa shape index (κ2) is 38.3. The van der Waals surface area contributed by atoms with Crippen molar-refractivity contribution in [2.75, 3.05) is 13.2 Å². The van der Waals surface area contributed by atoms with Crippen LogP contribution < -0.4 is 0 Å². The van der Waals surface area contributed by atoms with Gasteiger partial charge in [0, 0.05) is 12.8 Å². The van der Waals surface area contributed by atoms with Crippen LogP contribution in [0, 0.1) is 0 Å². The van der Waals surface area contributed by atoms with Gasteiger partial charge in [-0.25, -0.2) is 4.57 Å². The Morgan fingerprint density at radius 3 is 1.33 bits per heavy atom. The Kier molecular flexibility index (Phi) is 35.3. The van der Waals surface area contributed by atoms with E-state index < -0.39 is 75.7 Å². The van der Waals surface area contributed by atoms with Crippen LogP contribution >= 0.6 is 7.82 Å². The third-order valence-corrected chi connectivity index (χ3v) is 11.2. The molecule has 0 radical (unpaired) electrons. The number of phosphoric ester groups is 1. The average molecular weight is 909 g/mol. The Hall–Kier alpha value is -2.97. The Balaban J connectivity index is 2.53. The molecule has 6 unspecified atom stereocenters. The number of aliphatic hydroxyl groups is 5. The standard InChI is InChI=1S/C49H81O13P/c1-3-5-7-9-11-13-15-17-19-21-23-25-27-29-31-33-35-37-42(50)59-39-41(40-60-63(57,58)62-49-47(55)45(53)44(52)46(54)48(49)56)61-43(51)38-36-34-32-30-28-26-24-22-20-18-16-14-12-10-8-6-4-2/h11-14,17-20,23-26,29,31,41,44-49,52-56H,3-10,15-16,21-22,27-28,30,32-40H2,1-2H3,(H,57,58)/b13-11-,14-12-,19-17-,20-18-,25-23-,26-24-,31-29-/t41-,44?,45-,46?,47?,48?,49?/m1/s1. The maximum Gasteiger partial charge on any atom is 0.472 e. The van der Waals surface area contributed by atoms with Crippen molar-refractivity contribution < 1.29 is 63.1 Å². The molecule has 13 nitrogen and oxygen atoms in total. The van der Waals surface area contributed by atoms with Crippen molar-refractivity contribution in [3.05, 3.63) is 85.1 Å². The first kappa shape index (κ1) is 58.0. The molecule has 0 aromatic heterocycles. The van der Waals surface area contributed by atoms with Gasteiger partial charge in [0.1, 0.15) is 43.2 Å². The van der Waals surface area contributed by atoms with Gasteiger partial charge < -0.3 is 39.9 Å². The molecular formula is C49H81O13P. The fourth-order valence-electron chi connectivity index (χ4n) is 6.40. The van der Waals surface area contributed by atoms with E-state index in [0.29, 0.717) is 19.3 Å². The number of aliphatic hydroxyl groups excluding tert-OH is 5. The molecule has 0 bridgehead atoms. The number of hydrogen-bond donors (Lipinski definition) is 6. The van der Waals surface area contributed by atoms with Crippen LogP contribution in [0.3, 0.4) is 0 Å². The molecule has 0 aromatic carbocycles. The van der Waals surface area contributed by atoms with Gasteiger partial charge in [-0.15, -0.1) is 0 Å². The van der Waals surface area contributed by atoms with Crippen LogP contribution in [-0.2, 0) is 32.7 Å². The highest BCUT2D eigenvalue weighted by Crippen LogP contribution is 2.47. The van der Waals surface area contributed by atoms with Crippen LogP contribution in [0.15, 0.2) is 85.1 Å². The lowest BCUT2D eigenvalue weighted by Crippen LogP contribution is -2.64. The van der Waals surface area contributed by atoms with Gasteiger partial charge in [0.2, 0.25) is 0 Å². The number of carbonyl (C=O) groups excluding carboxylic acids is 2. The van der Waals surface area contributed by atoms with Crippen LogP contribution in [-0.4, -0.2) is 98.3 Å². The van der Waals surface area contributed by atoms with Gasteiger partial charge in [0.15, 0.2) is 6.10 Å². The van der Waals surface area contributed by atoms with E-state index in [0.717, 1.165) is 70.6 Å². The van der Waals surface area contributed by atoms with E-state index in [4.69, 9.17) is 18.5 Å². The summed E-state index contributed by atoms with van der Waals surface area (Å²) in [6, 6.07) is 0. The van der Waals surface area contributed by atoms with Crippen molar-refractivity contribution in [2.45, 2.75) is 198 Å². The van der Waals surface area contributed by atoms with E-state index in [1.807, 2.05) is 12.2 Å². The number of rotatable bonds is 37. The normalized spacial score (nSPS) is 22.5. The first-order valence-corrected chi connectivity index (χ1v) is 24.9. The number of unbranched alkanes of at least 4 members (excludes halogenated alkanes) is 11. The minimum absolute atomic E-state index is 0.0546. The number of esters is 2. The lowest BCUT2D eigenvalue weighted by Gasteiger charge is -2.41. The largest absolute Gasteiger partial charge is 0.472 e. The highest BCUT2D eigenvalue weighted by atomic mass is 31.2. The highest BCUT2D eigenvalue weighted by molar-refractivity contribution is 7.47. The zero-order valence-corrected chi connectivity index (χ0v) is 39.0. The molecule has 1 rings (SSSR count). The van der Waals surface area contributed by atoms with Crippen molar-refractivity contribution in [1.82, 2.24) is 0 Å². The zero-order valence-electron chi connectivity index (χ0n) is 38.1. The van der Waals surface area contributed by atoms with E-state index in [1.165, 1.54) is 38.5 Å². The number of phosphoric acid groups is 1. The first-order chi connectivity index (χ1) is 30.4. The SMILES string of the molecule is CCCCC/C=C\C/C=C\C/C=C\C/C=C\CCCC(=O)OC[C@H](COP(=O)(O)OC1C(O)C(O)C(O)[C@@H](O)C1O)OC(=O)CCCCCC/C=C\C/C=C\C/C=C\CCCCC. The molecule has 360 valence electrons. The van der Waals surface area contributed by atoms with Crippen LogP contribution in [0.2, 0.25) is 0 Å². The minimum Gasteiger partial charge on any atom is -0.462 e. The van der Waals surface area contributed by atoms with E-state index >= 15 is 0 Å². The molecule has 1 aliphatic rings. The van der Waals surface area contributed by atoms with Gasteiger partial charge in [-0.2, -0.15) is 0 Å². The van der Waals surface area contributed by atoms with E-state index in [-0.39, 0.29) is 12.8 Å².